The van der Waals surface area contributed by atoms with Crippen molar-refractivity contribution in [2.75, 3.05) is 11.9 Å². The first kappa shape index (κ1) is 20.2. The topological polar surface area (TPSA) is 112 Å². The summed E-state index contributed by atoms with van der Waals surface area (Å²) in [7, 11) is 0. The molecule has 9 heteroatoms. The summed E-state index contributed by atoms with van der Waals surface area (Å²) >= 11 is 0. The van der Waals surface area contributed by atoms with Crippen molar-refractivity contribution in [3.8, 4) is 6.07 Å². The van der Waals surface area contributed by atoms with Gasteiger partial charge in [0, 0.05) is 24.2 Å². The molecule has 1 aromatic heterocycles. The number of aromatic nitrogens is 1. The van der Waals surface area contributed by atoms with Gasteiger partial charge < -0.3 is 16.2 Å². The van der Waals surface area contributed by atoms with Gasteiger partial charge in [-0.25, -0.2) is 4.79 Å². The largest absolute Gasteiger partial charge is 0.490 e. The van der Waals surface area contributed by atoms with E-state index in [4.69, 9.17) is 20.9 Å². The summed E-state index contributed by atoms with van der Waals surface area (Å²) < 4.78 is 31.7. The number of aliphatic carboxylic acids is 1. The number of hydrogen-bond acceptors (Lipinski definition) is 5. The van der Waals surface area contributed by atoms with Crippen LogP contribution in [0.15, 0.2) is 30.5 Å². The number of nitriles is 1. The highest BCUT2D eigenvalue weighted by atomic mass is 19.4. The monoisotopic (exact) mass is 354 g/mol. The van der Waals surface area contributed by atoms with E-state index in [-0.39, 0.29) is 6.04 Å². The molecular formula is C16H17F3N4O2. The lowest BCUT2D eigenvalue weighted by molar-refractivity contribution is -0.192. The Balaban J connectivity index is 0.000000381. The molecule has 134 valence electrons. The highest BCUT2D eigenvalue weighted by molar-refractivity contribution is 5.93. The number of halogens is 3. The van der Waals surface area contributed by atoms with Crippen LogP contribution in [0.25, 0.3) is 10.9 Å². The van der Waals surface area contributed by atoms with Crippen LogP contribution in [0.1, 0.15) is 18.9 Å². The predicted octanol–water partition coefficient (Wildman–Crippen LogP) is 2.89. The van der Waals surface area contributed by atoms with Crippen LogP contribution < -0.4 is 11.1 Å². The van der Waals surface area contributed by atoms with E-state index in [1.165, 1.54) is 0 Å². The molecule has 0 aliphatic rings. The molecule has 0 aliphatic heterocycles. The minimum Gasteiger partial charge on any atom is -0.475 e. The molecule has 0 spiro atoms. The Morgan fingerprint density at radius 1 is 1.44 bits per heavy atom. The Bertz CT molecular complexity index is 772. The number of nitrogens with one attached hydrogen (secondary N) is 1. The molecule has 1 unspecified atom stereocenters. The normalized spacial score (nSPS) is 11.8. The minimum absolute atomic E-state index is 0.0865. The van der Waals surface area contributed by atoms with Crippen molar-refractivity contribution < 1.29 is 23.1 Å². The lowest BCUT2D eigenvalue weighted by Crippen LogP contribution is -2.28. The highest BCUT2D eigenvalue weighted by Gasteiger charge is 2.38. The summed E-state index contributed by atoms with van der Waals surface area (Å²) in [6.45, 7) is 2.70. The van der Waals surface area contributed by atoms with Gasteiger partial charge in [-0.15, -0.1) is 0 Å². The summed E-state index contributed by atoms with van der Waals surface area (Å²) in [4.78, 5) is 13.2. The summed E-state index contributed by atoms with van der Waals surface area (Å²) in [5.74, 6) is -2.76. The smallest absolute Gasteiger partial charge is 0.475 e. The number of pyridine rings is 1. The van der Waals surface area contributed by atoms with Gasteiger partial charge in [0.2, 0.25) is 0 Å². The fraction of sp³-hybridized carbons (Fsp3) is 0.312. The van der Waals surface area contributed by atoms with Gasteiger partial charge >= 0.3 is 12.1 Å². The van der Waals surface area contributed by atoms with Crippen molar-refractivity contribution in [3.05, 3.63) is 36.0 Å². The number of carboxylic acid groups (broad SMARTS) is 1. The Labute approximate surface area is 142 Å². The third-order valence-electron chi connectivity index (χ3n) is 3.20. The Kier molecular flexibility index (Phi) is 7.14. The van der Waals surface area contributed by atoms with Crippen molar-refractivity contribution >= 4 is 22.6 Å². The van der Waals surface area contributed by atoms with Gasteiger partial charge in [-0.05, 0) is 12.5 Å². The van der Waals surface area contributed by atoms with Crippen molar-refractivity contribution in [2.45, 2.75) is 25.6 Å². The molecule has 4 N–H and O–H groups in total. The molecule has 0 saturated carbocycles. The van der Waals surface area contributed by atoms with E-state index in [0.29, 0.717) is 12.1 Å². The van der Waals surface area contributed by atoms with Crippen molar-refractivity contribution in [3.63, 3.8) is 0 Å². The Hall–Kier alpha value is -2.86. The van der Waals surface area contributed by atoms with Gasteiger partial charge in [0.25, 0.3) is 0 Å². The first-order chi connectivity index (χ1) is 11.7. The molecule has 0 bridgehead atoms. The summed E-state index contributed by atoms with van der Waals surface area (Å²) in [6.07, 6.45) is -2.58. The Morgan fingerprint density at radius 2 is 2.04 bits per heavy atom. The number of rotatable bonds is 4. The second kappa shape index (κ2) is 8.84. The van der Waals surface area contributed by atoms with E-state index in [1.807, 2.05) is 31.2 Å². The van der Waals surface area contributed by atoms with E-state index < -0.39 is 12.1 Å². The van der Waals surface area contributed by atoms with Crippen LogP contribution in [0.4, 0.5) is 18.9 Å². The molecule has 1 atom stereocenters. The Morgan fingerprint density at radius 3 is 2.56 bits per heavy atom. The van der Waals surface area contributed by atoms with Crippen molar-refractivity contribution in [1.29, 1.82) is 5.26 Å². The number of hydrogen-bond donors (Lipinski definition) is 3. The number of carbonyl (C=O) groups is 1. The van der Waals surface area contributed by atoms with E-state index in [9.17, 15) is 13.2 Å². The first-order valence-electron chi connectivity index (χ1n) is 7.28. The van der Waals surface area contributed by atoms with Crippen LogP contribution in [-0.4, -0.2) is 34.8 Å². The third kappa shape index (κ3) is 5.93. The van der Waals surface area contributed by atoms with E-state index >= 15 is 0 Å². The summed E-state index contributed by atoms with van der Waals surface area (Å²) in [6, 6.07) is 10.0. The lowest BCUT2D eigenvalue weighted by atomic mass is 10.1. The molecule has 6 nitrogen and oxygen atoms in total. The number of benzene rings is 1. The maximum Gasteiger partial charge on any atom is 0.490 e. The average molecular weight is 354 g/mol. The molecule has 2 rings (SSSR count). The average Bonchev–Trinajstić information content (AvgIpc) is 2.58. The molecule has 25 heavy (non-hydrogen) atoms. The van der Waals surface area contributed by atoms with Gasteiger partial charge in [-0.1, -0.05) is 25.1 Å². The molecule has 2 aromatic rings. The van der Waals surface area contributed by atoms with Gasteiger partial charge in [-0.2, -0.15) is 18.4 Å². The quantitative estimate of drug-likeness (QED) is 0.778. The number of alkyl halides is 3. The zero-order chi connectivity index (χ0) is 19.0. The predicted molar refractivity (Wildman–Crippen MR) is 86.9 cm³/mol. The first-order valence-corrected chi connectivity index (χ1v) is 7.28. The lowest BCUT2D eigenvalue weighted by Gasteiger charge is -2.14. The van der Waals surface area contributed by atoms with Crippen LogP contribution in [0.5, 0.6) is 0 Å². The number of fused-ring (bicyclic) bond motifs is 1. The van der Waals surface area contributed by atoms with Crippen LogP contribution in [0.2, 0.25) is 0 Å². The molecule has 0 aliphatic carbocycles. The van der Waals surface area contributed by atoms with E-state index in [2.05, 4.69) is 16.4 Å². The summed E-state index contributed by atoms with van der Waals surface area (Å²) in [5, 5.41) is 20.5. The van der Waals surface area contributed by atoms with Crippen LogP contribution in [0, 0.1) is 11.3 Å². The standard InChI is InChI=1S/C14H16N4.C2HF3O2/c1-2-11(16)9-18-14-10(7-15)8-17-13-6-4-3-5-12(13)14;3-2(4,5)1(6)7/h3-6,8,11H,2,9,16H2,1H3,(H,17,18);(H,6,7). The molecule has 0 amide bonds. The third-order valence-corrected chi connectivity index (χ3v) is 3.20. The van der Waals surface area contributed by atoms with Gasteiger partial charge in [-0.3, -0.25) is 4.98 Å². The molecule has 1 heterocycles. The number of carboxylic acids is 1. The molecule has 0 radical (unpaired) electrons. The van der Waals surface area contributed by atoms with Crippen LogP contribution in [-0.2, 0) is 4.79 Å². The van der Waals surface area contributed by atoms with Crippen molar-refractivity contribution in [1.82, 2.24) is 4.98 Å². The number of nitrogens with zero attached hydrogens (tertiary/aromatic N) is 2. The molecule has 0 fully saturated rings. The van der Waals surface area contributed by atoms with Crippen LogP contribution >= 0.6 is 0 Å². The number of nitrogens with two attached hydrogens (primary N) is 1. The zero-order valence-electron chi connectivity index (χ0n) is 13.3. The van der Waals surface area contributed by atoms with Gasteiger partial charge in [0.1, 0.15) is 6.07 Å². The minimum atomic E-state index is -5.08. The molecule has 1 aromatic carbocycles. The number of para-hydroxylation sites is 1. The fourth-order valence-electron chi connectivity index (χ4n) is 1.79. The van der Waals surface area contributed by atoms with Gasteiger partial charge in [0.05, 0.1) is 16.8 Å². The summed E-state index contributed by atoms with van der Waals surface area (Å²) in [5.41, 5.74) is 8.15. The molecular weight excluding hydrogens is 337 g/mol. The van der Waals surface area contributed by atoms with Crippen LogP contribution in [0.3, 0.4) is 0 Å². The SMILES string of the molecule is CCC(N)CNc1c(C#N)cnc2ccccc12.O=C(O)C(F)(F)F. The van der Waals surface area contributed by atoms with Crippen molar-refractivity contribution in [2.24, 2.45) is 5.73 Å². The highest BCUT2D eigenvalue weighted by Crippen LogP contribution is 2.25. The molecule has 0 saturated heterocycles. The zero-order valence-corrected chi connectivity index (χ0v) is 13.3. The second-order valence-corrected chi connectivity index (χ2v) is 5.03. The number of anilines is 1. The van der Waals surface area contributed by atoms with E-state index in [1.54, 1.807) is 6.20 Å². The van der Waals surface area contributed by atoms with E-state index in [0.717, 1.165) is 23.0 Å². The van der Waals surface area contributed by atoms with Gasteiger partial charge in [0.15, 0.2) is 0 Å². The fourth-order valence-corrected chi connectivity index (χ4v) is 1.79. The second-order valence-electron chi connectivity index (χ2n) is 5.03. The maximum absolute atomic E-state index is 10.6. The maximum atomic E-state index is 10.6.